The Hall–Kier alpha value is -8.93. The number of carbonyl (C=O) groups excluding carboxylic acids is 6. The SMILES string of the molecule is CC(C)[C@@]1(NC(=O)[C@@H]2C[C@@H]3c4cccc5[nH]cc(c45)C[C@H]3N(C)C2)O[C@@]2(O)[C@@H]3CCCN3C(=O)[C@H](Cc3ccccc3)N2C1=O.COC(=O)[C@H]1[C@H]2C[C@@H]3c4[nH]c5cc(OC)ccc5c4CCN3C[C@H]2C[C@@H](OC(=O)c2cc(OC)c(OC)c(OC)c2)[C@@H]1OC.CS(=O)(=O)[O-].C[C@@H]1CCC[C@H](C)N1NC(=O)c1ccc(Cl)c(S(N)(=O)=O)c1. The van der Waals surface area contributed by atoms with E-state index < -0.39 is 85.7 Å². The van der Waals surface area contributed by atoms with Gasteiger partial charge in [-0.1, -0.05) is 74.3 Å². The number of rotatable bonds is 16. The lowest BCUT2D eigenvalue weighted by molar-refractivity contribution is -0.321. The topological polar surface area (TPSA) is 386 Å². The maximum absolute atomic E-state index is 14.6. The van der Waals surface area contributed by atoms with Crippen LogP contribution in [-0.4, -0.2) is 233 Å². The van der Waals surface area contributed by atoms with E-state index in [-0.39, 0.29) is 93.1 Å². The Bertz CT molecular complexity index is 5070. The van der Waals surface area contributed by atoms with Crippen LogP contribution in [-0.2, 0) is 77.5 Å². The third-order valence-electron chi connectivity index (χ3n) is 24.9. The van der Waals surface area contributed by atoms with Gasteiger partial charge in [0, 0.05) is 121 Å². The van der Waals surface area contributed by atoms with E-state index in [1.807, 2.05) is 75.2 Å². The lowest BCUT2D eigenvalue weighted by Gasteiger charge is -2.52. The van der Waals surface area contributed by atoms with Gasteiger partial charge >= 0.3 is 11.9 Å². The molecule has 2 aliphatic carbocycles. The zero-order chi connectivity index (χ0) is 83.4. The smallest absolute Gasteiger partial charge is 0.338 e. The highest BCUT2D eigenvalue weighted by Crippen LogP contribution is 2.53. The summed E-state index contributed by atoms with van der Waals surface area (Å²) in [6.07, 6.45) is 9.79. The third kappa shape index (κ3) is 16.6. The number of nitrogens with zero attached hydrogens (tertiary/aromatic N) is 5. The van der Waals surface area contributed by atoms with Crippen molar-refractivity contribution >= 4 is 89.1 Å². The van der Waals surface area contributed by atoms with Crippen LogP contribution >= 0.6 is 11.6 Å². The molecule has 0 unspecified atom stereocenters. The van der Waals surface area contributed by atoms with Crippen molar-refractivity contribution in [1.29, 1.82) is 0 Å². The molecule has 116 heavy (non-hydrogen) atoms. The number of piperazine rings is 1. The highest BCUT2D eigenvalue weighted by Gasteiger charge is 2.72. The second-order valence-corrected chi connectivity index (χ2v) is 35.5. The molecular weight excluding hydrogens is 1560 g/mol. The molecule has 7 fully saturated rings. The number of ether oxygens (including phenoxy) is 8. The van der Waals surface area contributed by atoms with Crippen LogP contribution in [0.15, 0.2) is 108 Å². The van der Waals surface area contributed by atoms with Crippen LogP contribution < -0.4 is 34.8 Å². The van der Waals surface area contributed by atoms with Crippen LogP contribution in [0.1, 0.15) is 140 Å². The summed E-state index contributed by atoms with van der Waals surface area (Å²) < 4.78 is 95.8. The summed E-state index contributed by atoms with van der Waals surface area (Å²) in [5.74, 6) is -3.74. The normalized spacial score (nSPS) is 28.1. The molecule has 30 nitrogen and oxygen atoms in total. The zero-order valence-electron chi connectivity index (χ0n) is 67.2. The van der Waals surface area contributed by atoms with Crippen molar-refractivity contribution in [2.45, 2.75) is 169 Å². The van der Waals surface area contributed by atoms with E-state index in [4.69, 9.17) is 67.6 Å². The Balaban J connectivity index is 0.000000155. The number of likely N-dealkylation sites (N-methyl/N-ethyl adjacent to an activating group) is 1. The number of aromatic nitrogens is 2. The van der Waals surface area contributed by atoms with Crippen LogP contribution in [0.5, 0.6) is 23.0 Å². The maximum Gasteiger partial charge on any atom is 0.338 e. The number of fused-ring (bicyclic) bond motifs is 11. The highest BCUT2D eigenvalue weighted by molar-refractivity contribution is 7.89. The number of likely N-dealkylation sites (tertiary alicyclic amines) is 1. The molecule has 0 spiro atoms. The van der Waals surface area contributed by atoms with Gasteiger partial charge in [-0.3, -0.25) is 43.9 Å². The van der Waals surface area contributed by atoms with Crippen LogP contribution in [0.4, 0.5) is 0 Å². The number of hydrazine groups is 1. The summed E-state index contributed by atoms with van der Waals surface area (Å²) in [6.45, 7) is 10.5. The Morgan fingerprint density at radius 2 is 1.53 bits per heavy atom. The first-order valence-electron chi connectivity index (χ1n) is 39.3. The molecule has 7 aliphatic heterocycles. The standard InChI is InChI=1S/C35H41N5O5.C33H40N2O9.C14H20ClN3O3S.CH4O3S/c1-20(2)34(37-31(41)23-16-25-24-11-7-12-26-30(24)22(18-36-26)17-27(25)38(3)19-23)33(43)40-28(15-21-9-5-4-6-10-21)32(42)39-14-8-13-29(39)35(40,44)45-34;1-38-19-7-8-20-21-9-10-35-16-18-13-27(44-32(36)17-11-25(39-2)30(41-4)26(12-17)40-3)31(42-5)28(33(37)43-6)22(18)15-24(35)29(21)34-23(20)14-19;1-9-4-3-5-10(2)18(9)17-14(19)11-6-7-12(15)13(8-11)22(16,20)21;1-5(2,3)4/h4-7,9-12,18,20,23,25,27-29,36,44H,8,13-17,19H2,1-3H3,(H,37,41);7-8,11-12,14,18,22,24,27-28,31,34H,9-10,13,15-16H2,1-6H3;6-10H,3-5H2,1-2H3,(H,17,19)(H2,16,20,21);1H3,(H,2,3,4)/p-1/t23-,25-,27-,28+,29+,34-,35+;18-,22+,24-,27-,28+,31+;9-,10+;/m11../s1. The number of sulfonamides is 1. The minimum Gasteiger partial charge on any atom is -0.748 e. The minimum absolute atomic E-state index is 0.00115. The van der Waals surface area contributed by atoms with Crippen LogP contribution in [0.25, 0.3) is 21.8 Å². The van der Waals surface area contributed by atoms with Crippen LogP contribution in [0, 0.1) is 29.6 Å². The number of piperidine rings is 3. The molecule has 33 heteroatoms. The number of halogens is 1. The van der Waals surface area contributed by atoms with E-state index >= 15 is 0 Å². The van der Waals surface area contributed by atoms with Gasteiger partial charge in [-0.15, -0.1) is 0 Å². The number of primary sulfonamides is 1. The molecule has 6 saturated heterocycles. The number of esters is 2. The number of H-pyrrole nitrogens is 2. The predicted octanol–water partition coefficient (Wildman–Crippen LogP) is 7.94. The highest BCUT2D eigenvalue weighted by atomic mass is 35.5. The van der Waals surface area contributed by atoms with Crippen molar-refractivity contribution in [3.8, 4) is 23.0 Å². The second kappa shape index (κ2) is 34.2. The van der Waals surface area contributed by atoms with Gasteiger partial charge in [0.1, 0.15) is 34.9 Å². The lowest BCUT2D eigenvalue weighted by atomic mass is 9.63. The van der Waals surface area contributed by atoms with Crippen molar-refractivity contribution in [2.24, 2.45) is 34.7 Å². The second-order valence-electron chi connectivity index (χ2n) is 32.1. The van der Waals surface area contributed by atoms with E-state index in [2.05, 4.69) is 68.0 Å². The van der Waals surface area contributed by atoms with E-state index in [1.54, 1.807) is 31.3 Å². The first-order valence-corrected chi connectivity index (χ1v) is 43.0. The summed E-state index contributed by atoms with van der Waals surface area (Å²) in [7, 11) is 3.29. The van der Waals surface area contributed by atoms with Gasteiger partial charge in [-0.25, -0.2) is 31.8 Å². The maximum atomic E-state index is 14.6. The van der Waals surface area contributed by atoms with Crippen LogP contribution in [0.3, 0.4) is 0 Å². The number of benzene rings is 5. The van der Waals surface area contributed by atoms with Crippen molar-refractivity contribution < 1.29 is 93.2 Å². The number of carbonyl (C=O) groups is 6. The average molecular weight is 1660 g/mol. The van der Waals surface area contributed by atoms with Gasteiger partial charge in [0.05, 0.1) is 74.1 Å². The fraction of sp³-hybridized carbons (Fsp3) is 0.518. The van der Waals surface area contributed by atoms with Crippen LogP contribution in [0.2, 0.25) is 5.02 Å². The molecule has 626 valence electrons. The number of aliphatic hydroxyl groups is 1. The van der Waals surface area contributed by atoms with E-state index in [1.165, 1.54) is 84.7 Å². The summed E-state index contributed by atoms with van der Waals surface area (Å²) in [5, 5.41) is 24.8. The molecule has 7 N–H and O–H groups in total. The van der Waals surface area contributed by atoms with Gasteiger partial charge in [-0.2, -0.15) is 0 Å². The fourth-order valence-corrected chi connectivity index (χ4v) is 20.5. The van der Waals surface area contributed by atoms with Crippen molar-refractivity contribution in [1.82, 2.24) is 45.3 Å². The van der Waals surface area contributed by atoms with E-state index in [9.17, 15) is 42.3 Å². The Labute approximate surface area is 680 Å². The Kier molecular flexibility index (Phi) is 25.0. The molecule has 16 rings (SSSR count). The molecule has 0 radical (unpaired) electrons. The van der Waals surface area contributed by atoms with Gasteiger partial charge < -0.3 is 67.9 Å². The average Bonchev–Trinajstić information content (AvgIpc) is 1.53. The van der Waals surface area contributed by atoms with Crippen molar-refractivity contribution in [3.63, 3.8) is 0 Å². The lowest BCUT2D eigenvalue weighted by Crippen LogP contribution is -2.71. The summed E-state index contributed by atoms with van der Waals surface area (Å²) >= 11 is 5.82. The molecule has 15 atom stereocenters. The molecule has 0 bridgehead atoms. The number of aromatic amines is 2. The van der Waals surface area contributed by atoms with E-state index in [0.29, 0.717) is 62.3 Å². The van der Waals surface area contributed by atoms with Gasteiger partial charge in [-0.05, 0) is 161 Å². The predicted molar refractivity (Wildman–Crippen MR) is 428 cm³/mol. The van der Waals surface area contributed by atoms with Crippen molar-refractivity contribution in [2.75, 3.05) is 82.1 Å². The number of amides is 4. The zero-order valence-corrected chi connectivity index (χ0v) is 69.6. The first-order chi connectivity index (χ1) is 55.2. The number of hydrogen-bond acceptors (Lipinski definition) is 23. The molecule has 4 amide bonds. The summed E-state index contributed by atoms with van der Waals surface area (Å²) in [6, 6.07) is 28.4. The van der Waals surface area contributed by atoms with Gasteiger partial charge in [0.2, 0.25) is 33.3 Å². The summed E-state index contributed by atoms with van der Waals surface area (Å²) in [4.78, 5) is 96.7. The molecule has 2 aromatic heterocycles. The fourth-order valence-electron chi connectivity index (χ4n) is 19.4. The Morgan fingerprint density at radius 3 is 2.17 bits per heavy atom. The summed E-state index contributed by atoms with van der Waals surface area (Å²) in [5.41, 5.74) is 9.63. The monoisotopic (exact) mass is 1660 g/mol. The molecule has 9 aliphatic rings. The molecule has 5 aromatic carbocycles. The van der Waals surface area contributed by atoms with E-state index in [0.717, 1.165) is 74.0 Å². The number of methoxy groups -OCH3 is 6. The van der Waals surface area contributed by atoms with Gasteiger partial charge in [0.15, 0.2) is 11.5 Å². The first kappa shape index (κ1) is 85.0. The molecule has 7 aromatic rings. The molecule has 1 saturated carbocycles. The van der Waals surface area contributed by atoms with Gasteiger partial charge in [0.25, 0.3) is 17.7 Å². The number of nitrogens with two attached hydrogens (primary N) is 1. The Morgan fingerprint density at radius 1 is 0.819 bits per heavy atom. The number of nitrogens with one attached hydrogen (secondary N) is 4. The largest absolute Gasteiger partial charge is 0.748 e. The molecule has 9 heterocycles. The quantitative estimate of drug-likeness (QED) is 0.0394. The third-order valence-corrected chi connectivity index (χ3v) is 26.3. The number of hydrogen-bond donors (Lipinski definition) is 6. The molecular formula is C83H104ClN10O20S2-. The minimum atomic E-state index is -3.97. The van der Waals surface area contributed by atoms with Crippen molar-refractivity contribution in [3.05, 3.63) is 147 Å².